The van der Waals surface area contributed by atoms with Gasteiger partial charge in [0.1, 0.15) is 11.6 Å². The summed E-state index contributed by atoms with van der Waals surface area (Å²) in [5.74, 6) is -0.0192. The summed E-state index contributed by atoms with van der Waals surface area (Å²) in [6.07, 6.45) is 0.458. The molecular weight excluding hydrogens is 164 g/mol. The average Bonchev–Trinajstić information content (AvgIpc) is 1.82. The fraction of sp³-hybridized carbons (Fsp3) is 0.818. The molecule has 0 unspecified atom stereocenters. The van der Waals surface area contributed by atoms with Gasteiger partial charge in [0.05, 0.1) is 5.41 Å². The molecule has 0 spiro atoms. The normalized spacial score (nSPS) is 12.8. The summed E-state index contributed by atoms with van der Waals surface area (Å²) in [6.45, 7) is 10.9. The molecule has 0 saturated heterocycles. The van der Waals surface area contributed by atoms with Crippen molar-refractivity contribution in [3.8, 4) is 0 Å². The zero-order valence-electron chi connectivity index (χ0n) is 9.52. The topological polar surface area (TPSA) is 34.1 Å². The molecule has 0 radical (unpaired) electrons. The predicted molar refractivity (Wildman–Crippen MR) is 53.5 cm³/mol. The van der Waals surface area contributed by atoms with Gasteiger partial charge in [0.25, 0.3) is 0 Å². The lowest BCUT2D eigenvalue weighted by molar-refractivity contribution is -0.138. The highest BCUT2D eigenvalue weighted by Gasteiger charge is 2.34. The van der Waals surface area contributed by atoms with Gasteiger partial charge >= 0.3 is 0 Å². The van der Waals surface area contributed by atoms with Crippen molar-refractivity contribution in [2.24, 2.45) is 10.8 Å². The summed E-state index contributed by atoms with van der Waals surface area (Å²) in [5.41, 5.74) is -0.850. The molecule has 0 heterocycles. The highest BCUT2D eigenvalue weighted by Crippen LogP contribution is 2.27. The van der Waals surface area contributed by atoms with Crippen molar-refractivity contribution in [1.29, 1.82) is 0 Å². The van der Waals surface area contributed by atoms with Gasteiger partial charge < -0.3 is 0 Å². The third-order valence-corrected chi connectivity index (χ3v) is 2.27. The van der Waals surface area contributed by atoms with Crippen LogP contribution in [0, 0.1) is 10.8 Å². The standard InChI is InChI=1S/C11H20O2/c1-8(12)11(5,6)9(13)7-10(2,3)4/h7H2,1-6H3. The van der Waals surface area contributed by atoms with Crippen molar-refractivity contribution < 1.29 is 9.59 Å². The van der Waals surface area contributed by atoms with E-state index in [0.29, 0.717) is 6.42 Å². The number of ketones is 2. The maximum atomic E-state index is 11.7. The van der Waals surface area contributed by atoms with Gasteiger partial charge in [-0.25, -0.2) is 0 Å². The SMILES string of the molecule is CC(=O)C(C)(C)C(=O)CC(C)(C)C. The molecule has 0 aliphatic carbocycles. The zero-order chi connectivity index (χ0) is 10.9. The molecule has 0 aliphatic rings. The summed E-state index contributed by atoms with van der Waals surface area (Å²) in [4.78, 5) is 22.9. The van der Waals surface area contributed by atoms with Crippen molar-refractivity contribution in [3.05, 3.63) is 0 Å². The fourth-order valence-corrected chi connectivity index (χ4v) is 0.899. The second-order valence-electron chi connectivity index (χ2n) is 5.34. The molecule has 13 heavy (non-hydrogen) atoms. The Morgan fingerprint density at radius 2 is 1.38 bits per heavy atom. The minimum atomic E-state index is -0.812. The molecule has 0 aromatic rings. The first-order valence-corrected chi connectivity index (χ1v) is 4.62. The van der Waals surface area contributed by atoms with E-state index in [2.05, 4.69) is 0 Å². The van der Waals surface area contributed by atoms with Crippen LogP contribution >= 0.6 is 0 Å². The Morgan fingerprint density at radius 1 is 1.00 bits per heavy atom. The van der Waals surface area contributed by atoms with Crippen molar-refractivity contribution in [2.45, 2.75) is 48.0 Å². The van der Waals surface area contributed by atoms with Crippen LogP contribution in [0.5, 0.6) is 0 Å². The molecule has 76 valence electrons. The minimum Gasteiger partial charge on any atom is -0.299 e. The van der Waals surface area contributed by atoms with Gasteiger partial charge in [0.2, 0.25) is 0 Å². The molecule has 0 atom stereocenters. The molecular formula is C11H20O2. The number of Topliss-reactive ketones (excluding diaryl/α,β-unsaturated/α-hetero) is 2. The van der Waals surface area contributed by atoms with Crippen LogP contribution in [0.25, 0.3) is 0 Å². The lowest BCUT2D eigenvalue weighted by Gasteiger charge is -2.25. The number of hydrogen-bond acceptors (Lipinski definition) is 2. The van der Waals surface area contributed by atoms with E-state index in [9.17, 15) is 9.59 Å². The van der Waals surface area contributed by atoms with Crippen LogP contribution in [0.3, 0.4) is 0 Å². The first-order chi connectivity index (χ1) is 5.57. The van der Waals surface area contributed by atoms with Gasteiger partial charge in [-0.2, -0.15) is 0 Å². The fourth-order valence-electron chi connectivity index (χ4n) is 0.899. The van der Waals surface area contributed by atoms with Gasteiger partial charge in [-0.3, -0.25) is 9.59 Å². The molecule has 0 saturated carbocycles. The summed E-state index contributed by atoms with van der Waals surface area (Å²) < 4.78 is 0. The Balaban J connectivity index is 4.53. The van der Waals surface area contributed by atoms with Gasteiger partial charge in [0, 0.05) is 6.42 Å². The molecule has 0 aromatic carbocycles. The van der Waals surface area contributed by atoms with Crippen molar-refractivity contribution in [2.75, 3.05) is 0 Å². The maximum absolute atomic E-state index is 11.7. The second kappa shape index (κ2) is 3.60. The van der Waals surface area contributed by atoms with E-state index >= 15 is 0 Å². The van der Waals surface area contributed by atoms with E-state index in [1.807, 2.05) is 20.8 Å². The molecule has 2 heteroatoms. The van der Waals surface area contributed by atoms with Crippen LogP contribution in [0.15, 0.2) is 0 Å². The Labute approximate surface area is 80.7 Å². The van der Waals surface area contributed by atoms with E-state index in [1.54, 1.807) is 13.8 Å². The third kappa shape index (κ3) is 3.71. The molecule has 0 fully saturated rings. The molecule has 2 nitrogen and oxygen atoms in total. The highest BCUT2D eigenvalue weighted by molar-refractivity contribution is 6.05. The van der Waals surface area contributed by atoms with Crippen molar-refractivity contribution >= 4 is 11.6 Å². The van der Waals surface area contributed by atoms with Gasteiger partial charge in [-0.05, 0) is 26.2 Å². The van der Waals surface area contributed by atoms with Gasteiger partial charge in [0.15, 0.2) is 0 Å². The molecule has 0 N–H and O–H groups in total. The number of hydrogen-bond donors (Lipinski definition) is 0. The Bertz CT molecular complexity index is 219. The van der Waals surface area contributed by atoms with Gasteiger partial charge in [-0.15, -0.1) is 0 Å². The van der Waals surface area contributed by atoms with E-state index in [-0.39, 0.29) is 17.0 Å². The van der Waals surface area contributed by atoms with Crippen LogP contribution in [0.2, 0.25) is 0 Å². The lowest BCUT2D eigenvalue weighted by Crippen LogP contribution is -2.34. The van der Waals surface area contributed by atoms with Crippen molar-refractivity contribution in [1.82, 2.24) is 0 Å². The van der Waals surface area contributed by atoms with E-state index in [1.165, 1.54) is 6.92 Å². The quantitative estimate of drug-likeness (QED) is 0.632. The average molecular weight is 184 g/mol. The number of carbonyl (C=O) groups excluding carboxylic acids is 2. The minimum absolute atomic E-state index is 0.0347. The number of carbonyl (C=O) groups is 2. The van der Waals surface area contributed by atoms with Crippen LogP contribution in [0.1, 0.15) is 48.0 Å². The van der Waals surface area contributed by atoms with Crippen LogP contribution < -0.4 is 0 Å². The van der Waals surface area contributed by atoms with E-state index < -0.39 is 5.41 Å². The molecule has 0 aromatic heterocycles. The first kappa shape index (κ1) is 12.3. The smallest absolute Gasteiger partial charge is 0.146 e. The van der Waals surface area contributed by atoms with Gasteiger partial charge in [-0.1, -0.05) is 20.8 Å². The highest BCUT2D eigenvalue weighted by atomic mass is 16.2. The lowest BCUT2D eigenvalue weighted by atomic mass is 9.77. The molecule has 0 amide bonds. The van der Waals surface area contributed by atoms with E-state index in [4.69, 9.17) is 0 Å². The van der Waals surface area contributed by atoms with Crippen molar-refractivity contribution in [3.63, 3.8) is 0 Å². The summed E-state index contributed by atoms with van der Waals surface area (Å²) in [5, 5.41) is 0. The Hall–Kier alpha value is -0.660. The predicted octanol–water partition coefficient (Wildman–Crippen LogP) is 2.61. The van der Waals surface area contributed by atoms with Crippen LogP contribution in [0.4, 0.5) is 0 Å². The van der Waals surface area contributed by atoms with Crippen LogP contribution in [-0.2, 0) is 9.59 Å². The largest absolute Gasteiger partial charge is 0.299 e. The monoisotopic (exact) mass is 184 g/mol. The maximum Gasteiger partial charge on any atom is 0.146 e. The summed E-state index contributed by atoms with van der Waals surface area (Å²) in [7, 11) is 0. The van der Waals surface area contributed by atoms with Crippen LogP contribution in [-0.4, -0.2) is 11.6 Å². The zero-order valence-corrected chi connectivity index (χ0v) is 9.52. The Morgan fingerprint density at radius 3 is 1.62 bits per heavy atom. The van der Waals surface area contributed by atoms with E-state index in [0.717, 1.165) is 0 Å². The number of rotatable bonds is 3. The summed E-state index contributed by atoms with van der Waals surface area (Å²) >= 11 is 0. The Kier molecular flexibility index (Phi) is 3.42. The first-order valence-electron chi connectivity index (χ1n) is 4.62. The summed E-state index contributed by atoms with van der Waals surface area (Å²) in [6, 6.07) is 0. The molecule has 0 bridgehead atoms. The molecule has 0 aliphatic heterocycles. The molecule has 0 rings (SSSR count). The second-order valence-corrected chi connectivity index (χ2v) is 5.34. The third-order valence-electron chi connectivity index (χ3n) is 2.27.